The van der Waals surface area contributed by atoms with Gasteiger partial charge < -0.3 is 10.4 Å². The minimum atomic E-state index is -0.831. The summed E-state index contributed by atoms with van der Waals surface area (Å²) < 4.78 is 0. The molecule has 0 atom stereocenters. The fraction of sp³-hybridized carbons (Fsp3) is 0.429. The number of unbranched alkanes of at least 4 members (excludes halogenated alkanes) is 1. The highest BCUT2D eigenvalue weighted by molar-refractivity contribution is 5.91. The second kappa shape index (κ2) is 7.48. The first kappa shape index (κ1) is 14.2. The lowest BCUT2D eigenvalue weighted by atomic mass is 10.1. The molecule has 0 fully saturated rings. The van der Waals surface area contributed by atoms with E-state index in [0.717, 1.165) is 24.1 Å². The Labute approximate surface area is 107 Å². The molecule has 0 aliphatic heterocycles. The molecule has 0 aromatic heterocycles. The molecule has 0 heterocycles. The minimum absolute atomic E-state index is 0.0142. The smallest absolute Gasteiger partial charge is 0.303 e. The summed E-state index contributed by atoms with van der Waals surface area (Å²) in [5.74, 6) is -0.846. The van der Waals surface area contributed by atoms with Crippen LogP contribution < -0.4 is 5.32 Å². The normalized spacial score (nSPS) is 10.1. The Kier molecular flexibility index (Phi) is 5.91. The van der Waals surface area contributed by atoms with Crippen LogP contribution in [0.1, 0.15) is 38.2 Å². The average molecular weight is 249 g/mol. The molecule has 98 valence electrons. The number of amides is 1. The van der Waals surface area contributed by atoms with Crippen molar-refractivity contribution in [3.63, 3.8) is 0 Å². The van der Waals surface area contributed by atoms with E-state index in [1.807, 2.05) is 25.1 Å². The number of carboxylic acids is 1. The number of nitrogens with one attached hydrogen (secondary N) is 1. The van der Waals surface area contributed by atoms with Crippen LogP contribution in [-0.4, -0.2) is 17.0 Å². The maximum atomic E-state index is 11.6. The molecule has 4 nitrogen and oxygen atoms in total. The summed E-state index contributed by atoms with van der Waals surface area (Å²) in [6, 6.07) is 7.33. The van der Waals surface area contributed by atoms with Crippen molar-refractivity contribution in [2.24, 2.45) is 0 Å². The maximum absolute atomic E-state index is 11.6. The molecule has 1 amide bonds. The molecule has 0 radical (unpaired) electrons. The Morgan fingerprint density at radius 2 is 1.94 bits per heavy atom. The van der Waals surface area contributed by atoms with Gasteiger partial charge in [-0.2, -0.15) is 0 Å². The quantitative estimate of drug-likeness (QED) is 0.780. The summed E-state index contributed by atoms with van der Waals surface area (Å²) >= 11 is 0. The number of hydrogen-bond donors (Lipinski definition) is 2. The zero-order valence-corrected chi connectivity index (χ0v) is 10.6. The third kappa shape index (κ3) is 4.99. The zero-order chi connectivity index (χ0) is 13.4. The van der Waals surface area contributed by atoms with Crippen molar-refractivity contribution in [2.75, 3.05) is 5.32 Å². The van der Waals surface area contributed by atoms with Crippen molar-refractivity contribution in [1.82, 2.24) is 0 Å². The van der Waals surface area contributed by atoms with Gasteiger partial charge in [-0.1, -0.05) is 31.5 Å². The number of carbonyl (C=O) groups is 2. The third-order valence-corrected chi connectivity index (χ3v) is 2.66. The molecule has 0 saturated carbocycles. The summed E-state index contributed by atoms with van der Waals surface area (Å²) in [5, 5.41) is 11.5. The summed E-state index contributed by atoms with van der Waals surface area (Å²) in [6.45, 7) is 2.04. The van der Waals surface area contributed by atoms with Crippen LogP contribution in [0.5, 0.6) is 0 Å². The van der Waals surface area contributed by atoms with E-state index in [4.69, 9.17) is 5.11 Å². The van der Waals surface area contributed by atoms with Gasteiger partial charge in [0.25, 0.3) is 0 Å². The fourth-order valence-electron chi connectivity index (χ4n) is 1.65. The number of anilines is 1. The van der Waals surface area contributed by atoms with Crippen molar-refractivity contribution in [2.45, 2.75) is 39.0 Å². The Bertz CT molecular complexity index is 415. The van der Waals surface area contributed by atoms with Crippen LogP contribution in [0.15, 0.2) is 24.3 Å². The number of rotatable bonds is 7. The number of hydrogen-bond acceptors (Lipinski definition) is 2. The molecular weight excluding hydrogens is 230 g/mol. The summed E-state index contributed by atoms with van der Waals surface area (Å²) in [7, 11) is 0. The molecule has 0 spiro atoms. The van der Waals surface area contributed by atoms with E-state index >= 15 is 0 Å². The predicted molar refractivity (Wildman–Crippen MR) is 70.6 cm³/mol. The number of para-hydroxylation sites is 1. The Hall–Kier alpha value is -1.84. The van der Waals surface area contributed by atoms with Crippen molar-refractivity contribution in [1.29, 1.82) is 0 Å². The van der Waals surface area contributed by atoms with Crippen LogP contribution in [-0.2, 0) is 16.0 Å². The molecule has 0 aliphatic rings. The van der Waals surface area contributed by atoms with Crippen LogP contribution in [0, 0.1) is 0 Å². The van der Waals surface area contributed by atoms with Gasteiger partial charge in [-0.05, 0) is 24.5 Å². The minimum Gasteiger partial charge on any atom is -0.481 e. The fourth-order valence-corrected chi connectivity index (χ4v) is 1.65. The first-order chi connectivity index (χ1) is 8.63. The Morgan fingerprint density at radius 1 is 1.22 bits per heavy atom. The van der Waals surface area contributed by atoms with Gasteiger partial charge in [0.1, 0.15) is 0 Å². The van der Waals surface area contributed by atoms with Gasteiger partial charge in [0.05, 0.1) is 0 Å². The lowest BCUT2D eigenvalue weighted by molar-refractivity contribution is -0.136. The van der Waals surface area contributed by atoms with Gasteiger partial charge in [0.2, 0.25) is 5.91 Å². The van der Waals surface area contributed by atoms with Crippen LogP contribution in [0.4, 0.5) is 5.69 Å². The molecule has 0 unspecified atom stereocenters. The predicted octanol–water partition coefficient (Wildman–Crippen LogP) is 2.83. The van der Waals surface area contributed by atoms with E-state index in [1.54, 1.807) is 6.07 Å². The number of carboxylic acid groups (broad SMARTS) is 1. The van der Waals surface area contributed by atoms with E-state index < -0.39 is 5.97 Å². The lowest BCUT2D eigenvalue weighted by Gasteiger charge is -2.10. The molecule has 1 aromatic carbocycles. The topological polar surface area (TPSA) is 66.4 Å². The standard InChI is InChI=1S/C14H19NO3/c1-2-3-8-13(16)15-12-7-5-4-6-11(12)9-10-14(17)18/h4-7H,2-3,8-10H2,1H3,(H,15,16)(H,17,18). The van der Waals surface area contributed by atoms with E-state index in [0.29, 0.717) is 12.8 Å². The Balaban J connectivity index is 2.63. The van der Waals surface area contributed by atoms with E-state index in [-0.39, 0.29) is 12.3 Å². The van der Waals surface area contributed by atoms with Gasteiger partial charge in [0.15, 0.2) is 0 Å². The van der Waals surface area contributed by atoms with Crippen molar-refractivity contribution in [3.05, 3.63) is 29.8 Å². The molecule has 2 N–H and O–H groups in total. The number of benzene rings is 1. The molecule has 18 heavy (non-hydrogen) atoms. The molecule has 0 aliphatic carbocycles. The lowest BCUT2D eigenvalue weighted by Crippen LogP contribution is -2.12. The third-order valence-electron chi connectivity index (χ3n) is 2.66. The number of aliphatic carboxylic acids is 1. The monoisotopic (exact) mass is 249 g/mol. The van der Waals surface area contributed by atoms with E-state index in [9.17, 15) is 9.59 Å². The van der Waals surface area contributed by atoms with Gasteiger partial charge in [-0.25, -0.2) is 0 Å². The highest BCUT2D eigenvalue weighted by Crippen LogP contribution is 2.17. The van der Waals surface area contributed by atoms with Crippen molar-refractivity contribution in [3.8, 4) is 0 Å². The molecule has 1 aromatic rings. The highest BCUT2D eigenvalue weighted by atomic mass is 16.4. The summed E-state index contributed by atoms with van der Waals surface area (Å²) in [6.07, 6.45) is 2.85. The average Bonchev–Trinajstić information content (AvgIpc) is 2.35. The van der Waals surface area contributed by atoms with Crippen LogP contribution in [0.25, 0.3) is 0 Å². The maximum Gasteiger partial charge on any atom is 0.303 e. The molecular formula is C14H19NO3. The van der Waals surface area contributed by atoms with Gasteiger partial charge in [0, 0.05) is 18.5 Å². The zero-order valence-electron chi connectivity index (χ0n) is 10.6. The van der Waals surface area contributed by atoms with Crippen molar-refractivity contribution >= 4 is 17.6 Å². The van der Waals surface area contributed by atoms with Gasteiger partial charge in [-0.15, -0.1) is 0 Å². The van der Waals surface area contributed by atoms with E-state index in [2.05, 4.69) is 5.32 Å². The first-order valence-corrected chi connectivity index (χ1v) is 6.23. The summed E-state index contributed by atoms with van der Waals surface area (Å²) in [5.41, 5.74) is 1.59. The highest BCUT2D eigenvalue weighted by Gasteiger charge is 2.07. The molecule has 4 heteroatoms. The summed E-state index contributed by atoms with van der Waals surface area (Å²) in [4.78, 5) is 22.2. The second-order valence-electron chi connectivity index (χ2n) is 4.20. The molecule has 0 saturated heterocycles. The first-order valence-electron chi connectivity index (χ1n) is 6.23. The van der Waals surface area contributed by atoms with Crippen LogP contribution >= 0.6 is 0 Å². The second-order valence-corrected chi connectivity index (χ2v) is 4.20. The molecule has 1 rings (SSSR count). The number of carbonyl (C=O) groups excluding carboxylic acids is 1. The van der Waals surface area contributed by atoms with Crippen LogP contribution in [0.3, 0.4) is 0 Å². The van der Waals surface area contributed by atoms with E-state index in [1.165, 1.54) is 0 Å². The number of aryl methyl sites for hydroxylation is 1. The molecule has 0 bridgehead atoms. The SMILES string of the molecule is CCCCC(=O)Nc1ccccc1CCC(=O)O. The van der Waals surface area contributed by atoms with Crippen molar-refractivity contribution < 1.29 is 14.7 Å². The van der Waals surface area contributed by atoms with Crippen LogP contribution in [0.2, 0.25) is 0 Å². The van der Waals surface area contributed by atoms with Gasteiger partial charge >= 0.3 is 5.97 Å². The van der Waals surface area contributed by atoms with Gasteiger partial charge in [-0.3, -0.25) is 9.59 Å². The largest absolute Gasteiger partial charge is 0.481 e. The Morgan fingerprint density at radius 3 is 2.61 bits per heavy atom.